The Morgan fingerprint density at radius 2 is 2.00 bits per heavy atom. The van der Waals surface area contributed by atoms with Crippen LogP contribution >= 0.6 is 11.6 Å². The van der Waals surface area contributed by atoms with Crippen LogP contribution in [0.25, 0.3) is 0 Å². The maximum atomic E-state index is 12.7. The molecule has 0 bridgehead atoms. The lowest BCUT2D eigenvalue weighted by Gasteiger charge is -2.25. The minimum Gasteiger partial charge on any atom is -0.468 e. The molecule has 0 amide bonds. The first-order valence-electron chi connectivity index (χ1n) is 7.60. The van der Waals surface area contributed by atoms with Gasteiger partial charge in [0.2, 0.25) is 5.88 Å². The Hall–Kier alpha value is -1.79. The number of halogens is 4. The van der Waals surface area contributed by atoms with Crippen molar-refractivity contribution >= 4 is 11.6 Å². The molecule has 1 fully saturated rings. The van der Waals surface area contributed by atoms with E-state index in [1.807, 2.05) is 30.3 Å². The topological polar surface area (TPSA) is 34.1 Å². The second-order valence-electron chi connectivity index (χ2n) is 5.71. The van der Waals surface area contributed by atoms with E-state index in [9.17, 15) is 13.2 Å². The number of benzene rings is 1. The molecule has 2 atom stereocenters. The van der Waals surface area contributed by atoms with Crippen LogP contribution < -0.4 is 10.1 Å². The van der Waals surface area contributed by atoms with Gasteiger partial charge in [-0.25, -0.2) is 4.98 Å². The van der Waals surface area contributed by atoms with Crippen molar-refractivity contribution in [1.29, 1.82) is 0 Å². The Balaban J connectivity index is 1.88. The van der Waals surface area contributed by atoms with Crippen molar-refractivity contribution in [2.75, 3.05) is 13.1 Å². The highest BCUT2D eigenvalue weighted by Gasteiger charge is 2.33. The van der Waals surface area contributed by atoms with E-state index >= 15 is 0 Å². The summed E-state index contributed by atoms with van der Waals surface area (Å²) in [4.78, 5) is 3.79. The number of aromatic nitrogens is 1. The van der Waals surface area contributed by atoms with Crippen LogP contribution in [0.3, 0.4) is 0 Å². The number of alkyl halides is 3. The molecule has 1 unspecified atom stereocenters. The van der Waals surface area contributed by atoms with Gasteiger partial charge in [-0.15, -0.1) is 0 Å². The molecule has 3 rings (SSSR count). The van der Waals surface area contributed by atoms with Crippen LogP contribution in [-0.4, -0.2) is 18.1 Å². The number of rotatable bonds is 4. The summed E-state index contributed by atoms with van der Waals surface area (Å²) in [5.41, 5.74) is 0.0580. The first kappa shape index (κ1) is 17.0. The molecule has 2 heterocycles. The van der Waals surface area contributed by atoms with Crippen LogP contribution in [0, 0.1) is 5.92 Å². The molecule has 1 aliphatic rings. The molecule has 1 aliphatic heterocycles. The zero-order chi connectivity index (χ0) is 17.2. The largest absolute Gasteiger partial charge is 0.468 e. The number of nitrogens with one attached hydrogen (secondary N) is 1. The van der Waals surface area contributed by atoms with E-state index in [4.69, 9.17) is 16.3 Å². The van der Waals surface area contributed by atoms with Gasteiger partial charge in [0.1, 0.15) is 11.1 Å². The van der Waals surface area contributed by atoms with E-state index in [1.54, 1.807) is 0 Å². The molecule has 0 saturated carbocycles. The first-order chi connectivity index (χ1) is 11.4. The average Bonchev–Trinajstić information content (AvgIpc) is 3.08. The second-order valence-corrected chi connectivity index (χ2v) is 6.12. The molecule has 0 radical (unpaired) electrons. The van der Waals surface area contributed by atoms with Crippen LogP contribution in [0.1, 0.15) is 23.7 Å². The third-order valence-electron chi connectivity index (χ3n) is 4.03. The lowest BCUT2D eigenvalue weighted by Crippen LogP contribution is -2.22. The maximum absolute atomic E-state index is 12.7. The molecular formula is C17H16ClF3N2O. The summed E-state index contributed by atoms with van der Waals surface area (Å²) >= 11 is 5.97. The average molecular weight is 357 g/mol. The van der Waals surface area contributed by atoms with Crippen molar-refractivity contribution in [2.24, 2.45) is 5.92 Å². The van der Waals surface area contributed by atoms with Crippen LogP contribution in [-0.2, 0) is 6.18 Å². The van der Waals surface area contributed by atoms with E-state index in [2.05, 4.69) is 10.3 Å². The minimum atomic E-state index is -4.48. The number of hydrogen-bond donors (Lipinski definition) is 1. The van der Waals surface area contributed by atoms with Gasteiger partial charge in [0.25, 0.3) is 0 Å². The van der Waals surface area contributed by atoms with Crippen molar-refractivity contribution in [2.45, 2.75) is 18.7 Å². The first-order valence-corrected chi connectivity index (χ1v) is 7.98. The Morgan fingerprint density at radius 3 is 2.58 bits per heavy atom. The van der Waals surface area contributed by atoms with E-state index in [-0.39, 0.29) is 22.9 Å². The quantitative estimate of drug-likeness (QED) is 0.876. The van der Waals surface area contributed by atoms with Crippen molar-refractivity contribution < 1.29 is 17.9 Å². The van der Waals surface area contributed by atoms with Gasteiger partial charge < -0.3 is 10.1 Å². The number of nitrogens with zero attached hydrogens (tertiary/aromatic N) is 1. The van der Waals surface area contributed by atoms with Crippen LogP contribution in [0.15, 0.2) is 42.6 Å². The van der Waals surface area contributed by atoms with Crippen molar-refractivity contribution in [3.63, 3.8) is 0 Å². The van der Waals surface area contributed by atoms with E-state index < -0.39 is 11.7 Å². The van der Waals surface area contributed by atoms with Gasteiger partial charge in [0.05, 0.1) is 5.56 Å². The molecule has 0 spiro atoms. The lowest BCUT2D eigenvalue weighted by molar-refractivity contribution is -0.137. The fourth-order valence-corrected chi connectivity index (χ4v) is 3.01. The van der Waals surface area contributed by atoms with Gasteiger partial charge in [0.15, 0.2) is 0 Å². The molecular weight excluding hydrogens is 341 g/mol. The standard InChI is InChI=1S/C17H16ClF3N2O/c18-14-8-13(17(19,20)21)10-23-16(14)24-15(12-6-7-22-9-12)11-4-2-1-3-5-11/h1-5,8,10,12,15,22H,6-7,9H2/t12?,15-/m1/s1. The fourth-order valence-electron chi connectivity index (χ4n) is 2.80. The SMILES string of the molecule is FC(F)(F)c1cnc(O[C@H](c2ccccc2)C2CCNC2)c(Cl)c1. The molecule has 0 aliphatic carbocycles. The summed E-state index contributed by atoms with van der Waals surface area (Å²) in [6, 6.07) is 10.4. The third-order valence-corrected chi connectivity index (χ3v) is 4.30. The summed E-state index contributed by atoms with van der Waals surface area (Å²) in [5.74, 6) is 0.220. The van der Waals surface area contributed by atoms with E-state index in [1.165, 1.54) is 0 Å². The van der Waals surface area contributed by atoms with Crippen LogP contribution in [0.4, 0.5) is 13.2 Å². The normalized spacial score (nSPS) is 19.2. The third kappa shape index (κ3) is 3.82. The highest BCUT2D eigenvalue weighted by atomic mass is 35.5. The molecule has 3 nitrogen and oxygen atoms in total. The summed E-state index contributed by atoms with van der Waals surface area (Å²) in [5, 5.41) is 3.13. The van der Waals surface area contributed by atoms with Gasteiger partial charge in [0, 0.05) is 18.7 Å². The lowest BCUT2D eigenvalue weighted by atomic mass is 9.95. The van der Waals surface area contributed by atoms with Crippen molar-refractivity contribution in [3.05, 3.63) is 58.7 Å². The summed E-state index contributed by atoms with van der Waals surface area (Å²) in [6.45, 7) is 1.66. The number of pyridine rings is 1. The highest BCUT2D eigenvalue weighted by molar-refractivity contribution is 6.31. The van der Waals surface area contributed by atoms with Gasteiger partial charge >= 0.3 is 6.18 Å². The molecule has 1 saturated heterocycles. The Kier molecular flexibility index (Phi) is 4.96. The second kappa shape index (κ2) is 6.99. The van der Waals surface area contributed by atoms with Gasteiger partial charge in [-0.2, -0.15) is 13.2 Å². The molecule has 2 aromatic rings. The van der Waals surface area contributed by atoms with Gasteiger partial charge in [-0.1, -0.05) is 41.9 Å². The zero-order valence-electron chi connectivity index (χ0n) is 12.7. The zero-order valence-corrected chi connectivity index (χ0v) is 13.4. The predicted molar refractivity (Wildman–Crippen MR) is 85.0 cm³/mol. The smallest absolute Gasteiger partial charge is 0.417 e. The molecule has 1 N–H and O–H groups in total. The monoisotopic (exact) mass is 356 g/mol. The molecule has 24 heavy (non-hydrogen) atoms. The van der Waals surface area contributed by atoms with E-state index in [0.29, 0.717) is 0 Å². The molecule has 1 aromatic heterocycles. The van der Waals surface area contributed by atoms with Crippen LogP contribution in [0.2, 0.25) is 5.02 Å². The van der Waals surface area contributed by atoms with Crippen molar-refractivity contribution in [3.8, 4) is 5.88 Å². The fraction of sp³-hybridized carbons (Fsp3) is 0.353. The Labute approximate surface area is 142 Å². The number of ether oxygens (including phenoxy) is 1. The maximum Gasteiger partial charge on any atom is 0.417 e. The minimum absolute atomic E-state index is 0.0189. The van der Waals surface area contributed by atoms with E-state index in [0.717, 1.165) is 37.3 Å². The Morgan fingerprint density at radius 1 is 1.25 bits per heavy atom. The molecule has 1 aromatic carbocycles. The summed E-state index contributed by atoms with van der Waals surface area (Å²) < 4.78 is 44.1. The predicted octanol–water partition coefficient (Wildman–Crippen LogP) is 4.48. The van der Waals surface area contributed by atoms with Gasteiger partial charge in [-0.3, -0.25) is 0 Å². The molecule has 128 valence electrons. The molecule has 7 heteroatoms. The van der Waals surface area contributed by atoms with Crippen LogP contribution in [0.5, 0.6) is 5.88 Å². The Bertz CT molecular complexity index is 688. The summed E-state index contributed by atoms with van der Waals surface area (Å²) in [7, 11) is 0. The van der Waals surface area contributed by atoms with Gasteiger partial charge in [-0.05, 0) is 24.6 Å². The number of hydrogen-bond acceptors (Lipinski definition) is 3. The summed E-state index contributed by atoms with van der Waals surface area (Å²) in [6.07, 6.45) is -3.14. The highest BCUT2D eigenvalue weighted by Crippen LogP contribution is 2.37. The van der Waals surface area contributed by atoms with Crippen molar-refractivity contribution in [1.82, 2.24) is 10.3 Å².